The summed E-state index contributed by atoms with van der Waals surface area (Å²) in [5, 5.41) is 77.6. The lowest BCUT2D eigenvalue weighted by Crippen LogP contribution is -2.37. The van der Waals surface area contributed by atoms with Crippen LogP contribution in [0.3, 0.4) is 0 Å². The molecule has 0 amide bonds. The van der Waals surface area contributed by atoms with Crippen molar-refractivity contribution in [3.63, 3.8) is 0 Å². The molecule has 4 atom stereocenters. The third-order valence-corrected chi connectivity index (χ3v) is 7.03. The molecule has 18 heteroatoms. The van der Waals surface area contributed by atoms with Gasteiger partial charge < -0.3 is 46.0 Å². The number of halogens is 4. The van der Waals surface area contributed by atoms with E-state index in [9.17, 15) is 19.2 Å². The summed E-state index contributed by atoms with van der Waals surface area (Å²) < 4.78 is 0. The molecule has 4 unspecified atom stereocenters. The van der Waals surface area contributed by atoms with E-state index in [1.807, 2.05) is 0 Å². The first kappa shape index (κ1) is 56.4. The number of aliphatic hydroxyl groups excluding tert-OH is 4. The summed E-state index contributed by atoms with van der Waals surface area (Å²) in [6.45, 7) is 6.25. The van der Waals surface area contributed by atoms with Crippen LogP contribution in [0.2, 0.25) is 0 Å². The zero-order chi connectivity index (χ0) is 37.2. The van der Waals surface area contributed by atoms with E-state index in [4.69, 9.17) is 50.8 Å². The molecule has 14 nitrogen and oxygen atoms in total. The monoisotopic (exact) mass is 916 g/mol. The van der Waals surface area contributed by atoms with Gasteiger partial charge in [-0.3, -0.25) is 24.0 Å². The van der Waals surface area contributed by atoms with E-state index in [0.717, 1.165) is 28.2 Å². The molecular weight excluding hydrogens is 868 g/mol. The highest BCUT2D eigenvalue weighted by Crippen LogP contribution is 2.12. The molecule has 0 aliphatic rings. The molecule has 0 aliphatic heterocycles. The average Bonchev–Trinajstić information content (AvgIpc) is 2.96. The van der Waals surface area contributed by atoms with Crippen LogP contribution in [0.1, 0.15) is 60.3 Å². The summed E-state index contributed by atoms with van der Waals surface area (Å²) in [5.41, 5.74) is -1.11. The SMILES string of the molecule is CC(=O)O.CC(CCBr)C(=O)O.CC(CCBr)C(=O)O.CC(CCBr)C(=O)O.CC(CCBr)C(=O)O.OCC(CO)(CO)CO. The first-order valence-corrected chi connectivity index (χ1v) is 18.0. The Balaban J connectivity index is -0.000000103. The lowest BCUT2D eigenvalue weighted by atomic mass is 9.93. The second kappa shape index (κ2) is 39.3. The van der Waals surface area contributed by atoms with Gasteiger partial charge in [0.1, 0.15) is 0 Å². The van der Waals surface area contributed by atoms with E-state index in [1.165, 1.54) is 0 Å². The highest BCUT2D eigenvalue weighted by molar-refractivity contribution is 9.09. The minimum absolute atomic E-state index is 0.214. The molecule has 272 valence electrons. The number of hydrogen-bond donors (Lipinski definition) is 9. The molecule has 0 rings (SSSR count). The van der Waals surface area contributed by atoms with Crippen LogP contribution in [-0.2, 0) is 24.0 Å². The number of carboxylic acid groups (broad SMARTS) is 5. The van der Waals surface area contributed by atoms with Gasteiger partial charge in [0.15, 0.2) is 0 Å². The Bertz CT molecular complexity index is 631. The number of carboxylic acids is 5. The normalized spacial score (nSPS) is 12.4. The zero-order valence-corrected chi connectivity index (χ0v) is 32.7. The number of alkyl halides is 4. The van der Waals surface area contributed by atoms with Crippen LogP contribution in [0.25, 0.3) is 0 Å². The standard InChI is InChI=1S/4C5H9BrO2.C5H12O4.C2H4O2/c4*1-4(2-3-6)5(7)8;6-1-5(2-7,3-8)4-9;1-2(3)4/h4*4H,2-3H2,1H3,(H,7,8);6-9H,1-4H2;1H3,(H,3,4). The largest absolute Gasteiger partial charge is 0.481 e. The quantitative estimate of drug-likeness (QED) is 0.0992. The molecule has 0 bridgehead atoms. The van der Waals surface area contributed by atoms with Crippen molar-refractivity contribution in [1.29, 1.82) is 0 Å². The van der Waals surface area contributed by atoms with E-state index in [0.29, 0.717) is 25.7 Å². The zero-order valence-electron chi connectivity index (χ0n) is 26.4. The summed E-state index contributed by atoms with van der Waals surface area (Å²) in [6, 6.07) is 0. The molecule has 0 heterocycles. The molecule has 45 heavy (non-hydrogen) atoms. The number of aliphatic hydroxyl groups is 4. The molecule has 0 spiro atoms. The van der Waals surface area contributed by atoms with E-state index >= 15 is 0 Å². The van der Waals surface area contributed by atoms with Gasteiger partial charge >= 0.3 is 23.9 Å². The van der Waals surface area contributed by atoms with Gasteiger partial charge in [-0.05, 0) is 25.7 Å². The van der Waals surface area contributed by atoms with Gasteiger partial charge in [-0.1, -0.05) is 91.4 Å². The molecule has 0 aromatic carbocycles. The van der Waals surface area contributed by atoms with Crippen molar-refractivity contribution in [2.24, 2.45) is 29.1 Å². The van der Waals surface area contributed by atoms with Crippen molar-refractivity contribution in [3.8, 4) is 0 Å². The van der Waals surface area contributed by atoms with Crippen LogP contribution in [0.15, 0.2) is 0 Å². The van der Waals surface area contributed by atoms with Gasteiger partial charge in [0.05, 0.1) is 55.5 Å². The van der Waals surface area contributed by atoms with Crippen molar-refractivity contribution < 1.29 is 69.9 Å². The predicted molar refractivity (Wildman–Crippen MR) is 185 cm³/mol. The summed E-state index contributed by atoms with van der Waals surface area (Å²) in [7, 11) is 0. The van der Waals surface area contributed by atoms with E-state index < -0.39 is 61.7 Å². The Labute approximate surface area is 299 Å². The fourth-order valence-electron chi connectivity index (χ4n) is 1.45. The van der Waals surface area contributed by atoms with Gasteiger partial charge in [0, 0.05) is 28.2 Å². The molecule has 0 saturated carbocycles. The molecule has 0 aromatic rings. The fraction of sp³-hybridized carbons (Fsp3) is 0.815. The summed E-state index contributed by atoms with van der Waals surface area (Å²) in [4.78, 5) is 49.3. The summed E-state index contributed by atoms with van der Waals surface area (Å²) >= 11 is 12.6. The number of aliphatic carboxylic acids is 5. The highest BCUT2D eigenvalue weighted by atomic mass is 79.9. The van der Waals surface area contributed by atoms with Gasteiger partial charge in [-0.15, -0.1) is 0 Å². The maximum atomic E-state index is 10.1. The number of rotatable bonds is 16. The molecule has 0 radical (unpaired) electrons. The molecule has 9 N–H and O–H groups in total. The molecule has 0 fully saturated rings. The first-order chi connectivity index (χ1) is 20.7. The molecular formula is C27H52Br4O14. The van der Waals surface area contributed by atoms with E-state index in [-0.39, 0.29) is 23.7 Å². The summed E-state index contributed by atoms with van der Waals surface area (Å²) in [6.07, 6.45) is 2.81. The molecule has 0 aromatic heterocycles. The Hall–Kier alpha value is -0.890. The third kappa shape index (κ3) is 47.6. The van der Waals surface area contributed by atoms with Crippen molar-refractivity contribution in [1.82, 2.24) is 0 Å². The third-order valence-electron chi connectivity index (χ3n) is 5.20. The van der Waals surface area contributed by atoms with Gasteiger partial charge in [0.2, 0.25) is 0 Å². The Morgan fingerprint density at radius 1 is 0.467 bits per heavy atom. The average molecular weight is 920 g/mol. The topological polar surface area (TPSA) is 267 Å². The second-order valence-corrected chi connectivity index (χ2v) is 12.7. The van der Waals surface area contributed by atoms with Crippen molar-refractivity contribution in [2.45, 2.75) is 60.3 Å². The van der Waals surface area contributed by atoms with Gasteiger partial charge in [0.25, 0.3) is 5.97 Å². The van der Waals surface area contributed by atoms with Gasteiger partial charge in [-0.25, -0.2) is 0 Å². The van der Waals surface area contributed by atoms with Crippen LogP contribution < -0.4 is 0 Å². The van der Waals surface area contributed by atoms with Crippen LogP contribution in [0, 0.1) is 29.1 Å². The summed E-state index contributed by atoms with van der Waals surface area (Å²) in [5.74, 6) is -4.56. The predicted octanol–water partition coefficient (Wildman–Crippen LogP) is 4.00. The van der Waals surface area contributed by atoms with Crippen molar-refractivity contribution in [3.05, 3.63) is 0 Å². The number of hydrogen-bond acceptors (Lipinski definition) is 9. The lowest BCUT2D eigenvalue weighted by Gasteiger charge is -2.23. The van der Waals surface area contributed by atoms with Crippen molar-refractivity contribution in [2.75, 3.05) is 47.7 Å². The minimum atomic E-state index is -1.11. The smallest absolute Gasteiger partial charge is 0.306 e. The maximum Gasteiger partial charge on any atom is 0.306 e. The van der Waals surface area contributed by atoms with Crippen LogP contribution in [0.5, 0.6) is 0 Å². The fourth-order valence-corrected chi connectivity index (χ4v) is 4.20. The number of carbonyl (C=O) groups is 5. The lowest BCUT2D eigenvalue weighted by molar-refractivity contribution is -0.142. The Morgan fingerprint density at radius 3 is 0.622 bits per heavy atom. The molecule has 0 aliphatic carbocycles. The molecule has 0 saturated heterocycles. The van der Waals surface area contributed by atoms with Crippen molar-refractivity contribution >= 4 is 93.6 Å². The van der Waals surface area contributed by atoms with E-state index in [2.05, 4.69) is 63.7 Å². The Morgan fingerprint density at radius 2 is 0.600 bits per heavy atom. The van der Waals surface area contributed by atoms with Gasteiger partial charge in [-0.2, -0.15) is 0 Å². The minimum Gasteiger partial charge on any atom is -0.481 e. The van der Waals surface area contributed by atoms with Crippen LogP contribution in [0.4, 0.5) is 0 Å². The van der Waals surface area contributed by atoms with Crippen LogP contribution in [-0.4, -0.2) is 124 Å². The maximum absolute atomic E-state index is 10.1. The van der Waals surface area contributed by atoms with E-state index in [1.54, 1.807) is 27.7 Å². The van der Waals surface area contributed by atoms with Crippen LogP contribution >= 0.6 is 63.7 Å². The second-order valence-electron chi connectivity index (χ2n) is 9.52. The highest BCUT2D eigenvalue weighted by Gasteiger charge is 2.26. The first-order valence-electron chi connectivity index (χ1n) is 13.5. The Kier molecular flexibility index (Phi) is 49.3.